The van der Waals surface area contributed by atoms with Crippen LogP contribution in [-0.2, 0) is 0 Å². The first-order valence-electron chi connectivity index (χ1n) is 3.46. The Bertz CT molecular complexity index is 255. The number of hydrogen-bond donors (Lipinski definition) is 2. The lowest BCUT2D eigenvalue weighted by Gasteiger charge is -1.96. The fourth-order valence-corrected chi connectivity index (χ4v) is 1.04. The molecule has 1 N–H and O–H groups in total. The van der Waals surface area contributed by atoms with Crippen molar-refractivity contribution in [3.8, 4) is 0 Å². The predicted molar refractivity (Wildman–Crippen MR) is 51.8 cm³/mol. The molecule has 58 valence electrons. The molecule has 0 saturated carbocycles. The Hall–Kier alpha value is -0.890. The van der Waals surface area contributed by atoms with Crippen molar-refractivity contribution in [2.75, 3.05) is 7.05 Å². The van der Waals surface area contributed by atoms with Gasteiger partial charge in [-0.05, 0) is 23.9 Å². The van der Waals surface area contributed by atoms with E-state index in [9.17, 15) is 0 Å². The van der Waals surface area contributed by atoms with Gasteiger partial charge in [-0.25, -0.2) is 0 Å². The summed E-state index contributed by atoms with van der Waals surface area (Å²) in [5.74, 6) is 0. The van der Waals surface area contributed by atoms with Gasteiger partial charge in [0.05, 0.1) is 0 Å². The van der Waals surface area contributed by atoms with Crippen molar-refractivity contribution < 1.29 is 0 Å². The minimum Gasteiger partial charge on any atom is -0.394 e. The van der Waals surface area contributed by atoms with Gasteiger partial charge >= 0.3 is 0 Å². The molecular weight excluding hydrogens is 154 g/mol. The third-order valence-corrected chi connectivity index (χ3v) is 1.77. The molecule has 0 saturated heterocycles. The van der Waals surface area contributed by atoms with E-state index in [1.807, 2.05) is 43.6 Å². The molecule has 1 rings (SSSR count). The summed E-state index contributed by atoms with van der Waals surface area (Å²) in [4.78, 5) is 0.999. The van der Waals surface area contributed by atoms with Crippen molar-refractivity contribution in [1.82, 2.24) is 5.32 Å². The Labute approximate surface area is 72.5 Å². The zero-order valence-corrected chi connectivity index (χ0v) is 7.31. The Morgan fingerprint density at radius 3 is 2.73 bits per heavy atom. The molecule has 1 nitrogen and oxygen atoms in total. The SMILES string of the molecule is CN/C=C/c1ccccc1S. The maximum absolute atomic E-state index is 4.29. The van der Waals surface area contributed by atoms with Gasteiger partial charge in [0.15, 0.2) is 0 Å². The highest BCUT2D eigenvalue weighted by molar-refractivity contribution is 7.80. The molecule has 0 spiro atoms. The Balaban J connectivity index is 2.86. The lowest BCUT2D eigenvalue weighted by atomic mass is 10.2. The van der Waals surface area contributed by atoms with Gasteiger partial charge in [-0.1, -0.05) is 18.2 Å². The molecule has 0 heterocycles. The van der Waals surface area contributed by atoms with Gasteiger partial charge in [-0.3, -0.25) is 0 Å². The number of benzene rings is 1. The molecular formula is C9H11NS. The molecule has 0 fully saturated rings. The molecule has 0 aromatic heterocycles. The molecule has 2 heteroatoms. The monoisotopic (exact) mass is 165 g/mol. The van der Waals surface area contributed by atoms with Crippen LogP contribution >= 0.6 is 12.6 Å². The van der Waals surface area contributed by atoms with Crippen molar-refractivity contribution in [3.63, 3.8) is 0 Å². The minimum atomic E-state index is 0.999. The topological polar surface area (TPSA) is 12.0 Å². The zero-order chi connectivity index (χ0) is 8.10. The average Bonchev–Trinajstić information content (AvgIpc) is 2.03. The smallest absolute Gasteiger partial charge is 0.0113 e. The van der Waals surface area contributed by atoms with Gasteiger partial charge < -0.3 is 5.32 Å². The predicted octanol–water partition coefficient (Wildman–Crippen LogP) is 2.17. The van der Waals surface area contributed by atoms with E-state index < -0.39 is 0 Å². The normalized spacial score (nSPS) is 10.4. The molecule has 0 aliphatic rings. The molecule has 0 unspecified atom stereocenters. The van der Waals surface area contributed by atoms with Gasteiger partial charge in [-0.15, -0.1) is 12.6 Å². The first-order valence-corrected chi connectivity index (χ1v) is 3.91. The highest BCUT2D eigenvalue weighted by Gasteiger charge is 1.89. The van der Waals surface area contributed by atoms with E-state index in [2.05, 4.69) is 17.9 Å². The summed E-state index contributed by atoms with van der Waals surface area (Å²) in [7, 11) is 1.87. The van der Waals surface area contributed by atoms with E-state index in [0.29, 0.717) is 0 Å². The lowest BCUT2D eigenvalue weighted by molar-refractivity contribution is 1.11. The van der Waals surface area contributed by atoms with Crippen molar-refractivity contribution >= 4 is 18.7 Å². The van der Waals surface area contributed by atoms with Crippen LogP contribution in [0.3, 0.4) is 0 Å². The fraction of sp³-hybridized carbons (Fsp3) is 0.111. The number of hydrogen-bond acceptors (Lipinski definition) is 2. The molecule has 0 aliphatic heterocycles. The average molecular weight is 165 g/mol. The number of thiol groups is 1. The molecule has 1 aromatic rings. The summed E-state index contributed by atoms with van der Waals surface area (Å²) < 4.78 is 0. The van der Waals surface area contributed by atoms with Gasteiger partial charge in [0, 0.05) is 11.9 Å². The van der Waals surface area contributed by atoms with Crippen LogP contribution in [0.5, 0.6) is 0 Å². The summed E-state index contributed by atoms with van der Waals surface area (Å²) in [6, 6.07) is 7.96. The lowest BCUT2D eigenvalue weighted by Crippen LogP contribution is -1.90. The van der Waals surface area contributed by atoms with Gasteiger partial charge in [0.25, 0.3) is 0 Å². The van der Waals surface area contributed by atoms with Crippen molar-refractivity contribution in [3.05, 3.63) is 36.0 Å². The second-order valence-electron chi connectivity index (χ2n) is 2.18. The maximum atomic E-state index is 4.29. The first kappa shape index (κ1) is 8.21. The Morgan fingerprint density at radius 1 is 1.36 bits per heavy atom. The molecule has 0 atom stereocenters. The quantitative estimate of drug-likeness (QED) is 0.640. The van der Waals surface area contributed by atoms with E-state index in [0.717, 1.165) is 10.5 Å². The van der Waals surface area contributed by atoms with Crippen LogP contribution in [-0.4, -0.2) is 7.05 Å². The number of nitrogens with one attached hydrogen (secondary N) is 1. The van der Waals surface area contributed by atoms with E-state index in [1.54, 1.807) is 0 Å². The van der Waals surface area contributed by atoms with E-state index >= 15 is 0 Å². The molecule has 0 aliphatic carbocycles. The second kappa shape index (κ2) is 4.09. The van der Waals surface area contributed by atoms with Crippen LogP contribution in [0, 0.1) is 0 Å². The Kier molecular flexibility index (Phi) is 3.05. The highest BCUT2D eigenvalue weighted by atomic mass is 32.1. The summed E-state index contributed by atoms with van der Waals surface area (Å²) in [5, 5.41) is 2.93. The minimum absolute atomic E-state index is 0.999. The van der Waals surface area contributed by atoms with Gasteiger partial charge in [-0.2, -0.15) is 0 Å². The largest absolute Gasteiger partial charge is 0.394 e. The van der Waals surface area contributed by atoms with Gasteiger partial charge in [0.1, 0.15) is 0 Å². The van der Waals surface area contributed by atoms with E-state index in [-0.39, 0.29) is 0 Å². The molecule has 1 aromatic carbocycles. The summed E-state index contributed by atoms with van der Waals surface area (Å²) in [5.41, 5.74) is 1.13. The third-order valence-electron chi connectivity index (χ3n) is 1.37. The fourth-order valence-electron chi connectivity index (χ4n) is 0.802. The number of rotatable bonds is 2. The second-order valence-corrected chi connectivity index (χ2v) is 2.66. The maximum Gasteiger partial charge on any atom is 0.0113 e. The summed E-state index contributed by atoms with van der Waals surface area (Å²) in [6.07, 6.45) is 3.87. The third kappa shape index (κ3) is 2.31. The van der Waals surface area contributed by atoms with Crippen molar-refractivity contribution in [1.29, 1.82) is 0 Å². The van der Waals surface area contributed by atoms with Crippen LogP contribution in [0.25, 0.3) is 6.08 Å². The van der Waals surface area contributed by atoms with Crippen molar-refractivity contribution in [2.24, 2.45) is 0 Å². The van der Waals surface area contributed by atoms with Crippen LogP contribution < -0.4 is 5.32 Å². The van der Waals surface area contributed by atoms with E-state index in [1.165, 1.54) is 0 Å². The standard InChI is InChI=1S/C9H11NS/c1-10-7-6-8-4-2-3-5-9(8)11/h2-7,10-11H,1H3/b7-6+. The molecule has 0 radical (unpaired) electrons. The van der Waals surface area contributed by atoms with Crippen LogP contribution in [0.1, 0.15) is 5.56 Å². The first-order chi connectivity index (χ1) is 5.34. The van der Waals surface area contributed by atoms with Gasteiger partial charge in [0.2, 0.25) is 0 Å². The zero-order valence-electron chi connectivity index (χ0n) is 6.41. The van der Waals surface area contributed by atoms with Crippen molar-refractivity contribution in [2.45, 2.75) is 4.90 Å². The molecule has 11 heavy (non-hydrogen) atoms. The van der Waals surface area contributed by atoms with Crippen LogP contribution in [0.15, 0.2) is 35.4 Å². The Morgan fingerprint density at radius 2 is 2.09 bits per heavy atom. The molecule has 0 amide bonds. The summed E-state index contributed by atoms with van der Waals surface area (Å²) >= 11 is 4.29. The highest BCUT2D eigenvalue weighted by Crippen LogP contribution is 2.13. The summed E-state index contributed by atoms with van der Waals surface area (Å²) in [6.45, 7) is 0. The van der Waals surface area contributed by atoms with Crippen LogP contribution in [0.4, 0.5) is 0 Å². The van der Waals surface area contributed by atoms with Crippen LogP contribution in [0.2, 0.25) is 0 Å². The van der Waals surface area contributed by atoms with E-state index in [4.69, 9.17) is 0 Å². The molecule has 0 bridgehead atoms.